The molecular weight excluding hydrogens is 340 g/mol. The van der Waals surface area contributed by atoms with Gasteiger partial charge in [0.1, 0.15) is 5.75 Å². The topological polar surface area (TPSA) is 63.4 Å². The standard InChI is InChI=1S/C18H26N4O2.ClH/c1-12(2)14-6-5-7-15(10-14)23-13(3)18-20-17(21-24-18)16-11-19-8-9-22(16)4;/h5-7,10,12-13,16,19H,8-9,11H2,1-4H3;1H. The molecular formula is C18H27ClN4O2. The van der Waals surface area contributed by atoms with Crippen LogP contribution in [0.15, 0.2) is 28.8 Å². The fraction of sp³-hybridized carbons (Fsp3) is 0.556. The zero-order valence-corrected chi connectivity index (χ0v) is 16.0. The second-order valence-electron chi connectivity index (χ2n) is 6.68. The highest BCUT2D eigenvalue weighted by molar-refractivity contribution is 5.85. The summed E-state index contributed by atoms with van der Waals surface area (Å²) < 4.78 is 11.4. The van der Waals surface area contributed by atoms with E-state index < -0.39 is 0 Å². The molecule has 138 valence electrons. The molecule has 0 spiro atoms. The number of aromatic nitrogens is 2. The van der Waals surface area contributed by atoms with Gasteiger partial charge in [0.2, 0.25) is 0 Å². The van der Waals surface area contributed by atoms with Crippen molar-refractivity contribution in [3.63, 3.8) is 0 Å². The van der Waals surface area contributed by atoms with Gasteiger partial charge in [-0.1, -0.05) is 31.1 Å². The molecule has 2 unspecified atom stereocenters. The smallest absolute Gasteiger partial charge is 0.267 e. The van der Waals surface area contributed by atoms with Crippen LogP contribution in [0.5, 0.6) is 5.75 Å². The summed E-state index contributed by atoms with van der Waals surface area (Å²) in [4.78, 5) is 6.79. The number of likely N-dealkylation sites (N-methyl/N-ethyl adjacent to an activating group) is 1. The molecule has 1 aliphatic rings. The summed E-state index contributed by atoms with van der Waals surface area (Å²) in [5.41, 5.74) is 1.25. The van der Waals surface area contributed by atoms with Crippen molar-refractivity contribution in [1.82, 2.24) is 20.4 Å². The third kappa shape index (κ3) is 4.71. The van der Waals surface area contributed by atoms with E-state index >= 15 is 0 Å². The van der Waals surface area contributed by atoms with Crippen LogP contribution in [-0.2, 0) is 0 Å². The van der Waals surface area contributed by atoms with Gasteiger partial charge in [-0.2, -0.15) is 4.98 Å². The lowest BCUT2D eigenvalue weighted by Crippen LogP contribution is -2.44. The first-order valence-electron chi connectivity index (χ1n) is 8.55. The van der Waals surface area contributed by atoms with E-state index in [1.54, 1.807) is 0 Å². The van der Waals surface area contributed by atoms with Gasteiger partial charge in [0.25, 0.3) is 5.89 Å². The fourth-order valence-corrected chi connectivity index (χ4v) is 2.84. The van der Waals surface area contributed by atoms with Crippen LogP contribution >= 0.6 is 12.4 Å². The molecule has 1 aromatic heterocycles. The highest BCUT2D eigenvalue weighted by Crippen LogP contribution is 2.26. The number of nitrogens with zero attached hydrogens (tertiary/aromatic N) is 3. The van der Waals surface area contributed by atoms with E-state index in [0.717, 1.165) is 25.4 Å². The minimum atomic E-state index is -0.282. The van der Waals surface area contributed by atoms with Crippen molar-refractivity contribution in [2.45, 2.75) is 38.8 Å². The molecule has 0 amide bonds. The molecule has 0 aliphatic carbocycles. The third-order valence-electron chi connectivity index (χ3n) is 4.45. The van der Waals surface area contributed by atoms with Crippen LogP contribution in [0.1, 0.15) is 56.1 Å². The lowest BCUT2D eigenvalue weighted by molar-refractivity contribution is 0.173. The molecule has 0 radical (unpaired) electrons. The Hall–Kier alpha value is -1.63. The van der Waals surface area contributed by atoms with E-state index in [2.05, 4.69) is 53.4 Å². The number of rotatable bonds is 5. The van der Waals surface area contributed by atoms with Gasteiger partial charge < -0.3 is 14.6 Å². The second kappa shape index (κ2) is 8.65. The maximum atomic E-state index is 5.99. The van der Waals surface area contributed by atoms with Crippen molar-refractivity contribution in [2.24, 2.45) is 0 Å². The van der Waals surface area contributed by atoms with Gasteiger partial charge in [-0.25, -0.2) is 0 Å². The average molecular weight is 367 g/mol. The predicted octanol–water partition coefficient (Wildman–Crippen LogP) is 3.33. The number of benzene rings is 1. The maximum absolute atomic E-state index is 5.99. The summed E-state index contributed by atoms with van der Waals surface area (Å²) in [5.74, 6) is 2.52. The van der Waals surface area contributed by atoms with Crippen LogP contribution in [0, 0.1) is 0 Å². The molecule has 2 atom stereocenters. The minimum absolute atomic E-state index is 0. The first-order chi connectivity index (χ1) is 11.5. The molecule has 7 heteroatoms. The molecule has 1 aliphatic heterocycles. The van der Waals surface area contributed by atoms with Crippen molar-refractivity contribution in [2.75, 3.05) is 26.7 Å². The van der Waals surface area contributed by atoms with Crippen LogP contribution < -0.4 is 10.1 Å². The molecule has 2 aromatic rings. The zero-order chi connectivity index (χ0) is 17.1. The van der Waals surface area contributed by atoms with Gasteiger partial charge in [0, 0.05) is 19.6 Å². The number of hydrogen-bond donors (Lipinski definition) is 1. The molecule has 1 aromatic carbocycles. The van der Waals surface area contributed by atoms with Crippen LogP contribution in [0.25, 0.3) is 0 Å². The fourth-order valence-electron chi connectivity index (χ4n) is 2.84. The van der Waals surface area contributed by atoms with Crippen LogP contribution in [0.4, 0.5) is 0 Å². The van der Waals surface area contributed by atoms with E-state index in [4.69, 9.17) is 9.26 Å². The Morgan fingerprint density at radius 2 is 2.12 bits per heavy atom. The Kier molecular flexibility index (Phi) is 6.81. The molecule has 0 bridgehead atoms. The number of piperazine rings is 1. The van der Waals surface area contributed by atoms with E-state index in [9.17, 15) is 0 Å². The Morgan fingerprint density at radius 3 is 2.84 bits per heavy atom. The molecule has 2 heterocycles. The summed E-state index contributed by atoms with van der Waals surface area (Å²) in [6.45, 7) is 9.07. The van der Waals surface area contributed by atoms with Crippen molar-refractivity contribution in [3.05, 3.63) is 41.5 Å². The predicted molar refractivity (Wildman–Crippen MR) is 99.4 cm³/mol. The van der Waals surface area contributed by atoms with Crippen molar-refractivity contribution >= 4 is 12.4 Å². The monoisotopic (exact) mass is 366 g/mol. The number of hydrogen-bond acceptors (Lipinski definition) is 6. The quantitative estimate of drug-likeness (QED) is 0.875. The molecule has 1 saturated heterocycles. The Labute approximate surface area is 155 Å². The summed E-state index contributed by atoms with van der Waals surface area (Å²) in [7, 11) is 2.08. The van der Waals surface area contributed by atoms with Crippen molar-refractivity contribution in [3.8, 4) is 5.75 Å². The Morgan fingerprint density at radius 1 is 1.32 bits per heavy atom. The first kappa shape index (κ1) is 19.7. The van der Waals surface area contributed by atoms with Gasteiger partial charge in [-0.15, -0.1) is 12.4 Å². The minimum Gasteiger partial charge on any atom is -0.481 e. The summed E-state index contributed by atoms with van der Waals surface area (Å²) in [5, 5.41) is 7.52. The average Bonchev–Trinajstić information content (AvgIpc) is 3.05. The summed E-state index contributed by atoms with van der Waals surface area (Å²) in [6.07, 6.45) is -0.282. The van der Waals surface area contributed by atoms with E-state index in [1.165, 1.54) is 5.56 Å². The zero-order valence-electron chi connectivity index (χ0n) is 15.2. The highest BCUT2D eigenvalue weighted by atomic mass is 35.5. The lowest BCUT2D eigenvalue weighted by atomic mass is 10.0. The van der Waals surface area contributed by atoms with Gasteiger partial charge >= 0.3 is 0 Å². The third-order valence-corrected chi connectivity index (χ3v) is 4.45. The molecule has 1 N–H and O–H groups in total. The Bertz CT molecular complexity index is 677. The molecule has 25 heavy (non-hydrogen) atoms. The molecule has 0 saturated carbocycles. The van der Waals surface area contributed by atoms with Gasteiger partial charge in [-0.05, 0) is 37.6 Å². The SMILES string of the molecule is CC(C)c1cccc(OC(C)c2nc(C3CNCCN3C)no2)c1.Cl. The largest absolute Gasteiger partial charge is 0.481 e. The molecule has 1 fully saturated rings. The van der Waals surface area contributed by atoms with Crippen LogP contribution in [0.3, 0.4) is 0 Å². The Balaban J connectivity index is 0.00000225. The van der Waals surface area contributed by atoms with E-state index in [1.807, 2.05) is 19.1 Å². The number of ether oxygens (including phenoxy) is 1. The van der Waals surface area contributed by atoms with E-state index in [-0.39, 0.29) is 24.6 Å². The maximum Gasteiger partial charge on any atom is 0.267 e. The highest BCUT2D eigenvalue weighted by Gasteiger charge is 2.26. The van der Waals surface area contributed by atoms with Crippen LogP contribution in [0.2, 0.25) is 0 Å². The van der Waals surface area contributed by atoms with Crippen molar-refractivity contribution < 1.29 is 9.26 Å². The second-order valence-corrected chi connectivity index (χ2v) is 6.68. The van der Waals surface area contributed by atoms with E-state index in [0.29, 0.717) is 17.6 Å². The van der Waals surface area contributed by atoms with Crippen LogP contribution in [-0.4, -0.2) is 41.7 Å². The lowest BCUT2D eigenvalue weighted by Gasteiger charge is -2.30. The summed E-state index contributed by atoms with van der Waals surface area (Å²) >= 11 is 0. The number of halogens is 1. The summed E-state index contributed by atoms with van der Waals surface area (Å²) in [6, 6.07) is 8.29. The molecule has 3 rings (SSSR count). The van der Waals surface area contributed by atoms with Gasteiger partial charge in [0.05, 0.1) is 6.04 Å². The van der Waals surface area contributed by atoms with Crippen molar-refractivity contribution in [1.29, 1.82) is 0 Å². The van der Waals surface area contributed by atoms with Gasteiger partial charge in [-0.3, -0.25) is 4.90 Å². The van der Waals surface area contributed by atoms with Gasteiger partial charge in [0.15, 0.2) is 11.9 Å². The number of nitrogens with one attached hydrogen (secondary N) is 1. The molecule has 6 nitrogen and oxygen atoms in total. The first-order valence-corrected chi connectivity index (χ1v) is 8.55. The normalized spacial score (nSPS) is 19.5.